The topological polar surface area (TPSA) is 34.0 Å². The summed E-state index contributed by atoms with van der Waals surface area (Å²) >= 11 is 6.65. The van der Waals surface area contributed by atoms with Crippen molar-refractivity contribution in [3.05, 3.63) is 58.5 Å². The maximum atomic E-state index is 6.65. The van der Waals surface area contributed by atoms with Crippen molar-refractivity contribution in [3.8, 4) is 0 Å². The molecule has 2 aromatic heterocycles. The van der Waals surface area contributed by atoms with Crippen LogP contribution in [0.1, 0.15) is 35.7 Å². The van der Waals surface area contributed by atoms with Crippen LogP contribution in [-0.2, 0) is 13.6 Å². The zero-order chi connectivity index (χ0) is 17.4. The molecule has 0 saturated carbocycles. The minimum atomic E-state index is 0.529. The molecule has 0 amide bonds. The molecule has 1 aliphatic heterocycles. The Hall–Kier alpha value is -1.91. The van der Waals surface area contributed by atoms with Crippen molar-refractivity contribution in [1.82, 2.24) is 19.7 Å². The fourth-order valence-corrected chi connectivity index (χ4v) is 4.16. The maximum Gasteiger partial charge on any atom is 0.0740 e. The molecule has 25 heavy (non-hydrogen) atoms. The number of nitrogens with zero attached hydrogens (tertiary/aromatic N) is 4. The third-order valence-corrected chi connectivity index (χ3v) is 5.80. The summed E-state index contributed by atoms with van der Waals surface area (Å²) in [5, 5.41) is 6.27. The van der Waals surface area contributed by atoms with Crippen molar-refractivity contribution in [1.29, 1.82) is 0 Å². The van der Waals surface area contributed by atoms with Crippen LogP contribution < -0.4 is 0 Å². The van der Waals surface area contributed by atoms with Gasteiger partial charge in [-0.1, -0.05) is 29.8 Å². The second kappa shape index (κ2) is 6.77. The molecule has 0 spiro atoms. The van der Waals surface area contributed by atoms with Crippen molar-refractivity contribution < 1.29 is 0 Å². The van der Waals surface area contributed by atoms with Gasteiger partial charge < -0.3 is 0 Å². The number of fused-ring (bicyclic) bond motifs is 1. The van der Waals surface area contributed by atoms with Crippen LogP contribution in [0.15, 0.2) is 36.5 Å². The fourth-order valence-electron chi connectivity index (χ4n) is 3.96. The Morgan fingerprint density at radius 3 is 2.88 bits per heavy atom. The zero-order valence-corrected chi connectivity index (χ0v) is 15.5. The second-order valence-electron chi connectivity index (χ2n) is 6.97. The molecule has 1 fully saturated rings. The van der Waals surface area contributed by atoms with Gasteiger partial charge in [-0.15, -0.1) is 0 Å². The summed E-state index contributed by atoms with van der Waals surface area (Å²) < 4.78 is 2.00. The number of pyridine rings is 1. The Balaban J connectivity index is 1.58. The monoisotopic (exact) mass is 354 g/mol. The molecule has 0 bridgehead atoms. The summed E-state index contributed by atoms with van der Waals surface area (Å²) in [6.45, 7) is 5.02. The van der Waals surface area contributed by atoms with Gasteiger partial charge in [0.05, 0.1) is 16.2 Å². The van der Waals surface area contributed by atoms with Crippen molar-refractivity contribution in [2.45, 2.75) is 32.2 Å². The molecule has 1 saturated heterocycles. The van der Waals surface area contributed by atoms with E-state index in [9.17, 15) is 0 Å². The van der Waals surface area contributed by atoms with E-state index in [4.69, 9.17) is 16.6 Å². The Morgan fingerprint density at radius 2 is 2.08 bits per heavy atom. The van der Waals surface area contributed by atoms with E-state index in [1.165, 1.54) is 18.5 Å². The van der Waals surface area contributed by atoms with Gasteiger partial charge in [-0.2, -0.15) is 5.10 Å². The van der Waals surface area contributed by atoms with Gasteiger partial charge >= 0.3 is 0 Å². The molecule has 130 valence electrons. The third-order valence-electron chi connectivity index (χ3n) is 5.30. The van der Waals surface area contributed by atoms with E-state index >= 15 is 0 Å². The second-order valence-corrected chi connectivity index (χ2v) is 7.35. The van der Waals surface area contributed by atoms with Crippen LogP contribution in [0.25, 0.3) is 10.9 Å². The molecule has 1 aromatic carbocycles. The Bertz CT molecular complexity index is 902. The molecule has 0 radical (unpaired) electrons. The highest BCUT2D eigenvalue weighted by Gasteiger charge is 2.24. The molecule has 1 unspecified atom stereocenters. The van der Waals surface area contributed by atoms with Crippen molar-refractivity contribution in [3.63, 3.8) is 0 Å². The Morgan fingerprint density at radius 1 is 1.24 bits per heavy atom. The SMILES string of the molecule is Cc1c(Cl)c(CN2CCCC(c3ccnn3C)C2)nc2ccccc12. The third kappa shape index (κ3) is 3.16. The van der Waals surface area contributed by atoms with E-state index < -0.39 is 0 Å². The quantitative estimate of drug-likeness (QED) is 0.702. The highest BCUT2D eigenvalue weighted by Crippen LogP contribution is 2.31. The molecule has 0 N–H and O–H groups in total. The van der Waals surface area contributed by atoms with Gasteiger partial charge in [-0.05, 0) is 44.0 Å². The molecule has 1 aliphatic rings. The van der Waals surface area contributed by atoms with E-state index in [-0.39, 0.29) is 0 Å². The first-order chi connectivity index (χ1) is 12.1. The van der Waals surface area contributed by atoms with Crippen LogP contribution in [0, 0.1) is 6.92 Å². The number of likely N-dealkylation sites (tertiary alicyclic amines) is 1. The van der Waals surface area contributed by atoms with Gasteiger partial charge in [0.1, 0.15) is 0 Å². The average Bonchev–Trinajstić information content (AvgIpc) is 3.06. The summed E-state index contributed by atoms with van der Waals surface area (Å²) in [5.74, 6) is 0.529. The van der Waals surface area contributed by atoms with Gasteiger partial charge in [-0.3, -0.25) is 9.58 Å². The molecule has 3 heterocycles. The van der Waals surface area contributed by atoms with Crippen LogP contribution in [0.2, 0.25) is 5.02 Å². The smallest absolute Gasteiger partial charge is 0.0740 e. The Kier molecular flexibility index (Phi) is 4.48. The molecule has 3 aromatic rings. The van der Waals surface area contributed by atoms with Crippen molar-refractivity contribution in [2.24, 2.45) is 7.05 Å². The average molecular weight is 355 g/mol. The number of hydrogen-bond donors (Lipinski definition) is 0. The first-order valence-corrected chi connectivity index (χ1v) is 9.25. The highest BCUT2D eigenvalue weighted by molar-refractivity contribution is 6.32. The molecule has 4 rings (SSSR count). The van der Waals surface area contributed by atoms with Gasteiger partial charge in [0, 0.05) is 43.3 Å². The highest BCUT2D eigenvalue weighted by atomic mass is 35.5. The Labute approximate surface area is 153 Å². The van der Waals surface area contributed by atoms with Gasteiger partial charge in [0.25, 0.3) is 0 Å². The van der Waals surface area contributed by atoms with Gasteiger partial charge in [-0.25, -0.2) is 4.98 Å². The van der Waals surface area contributed by atoms with Crippen LogP contribution in [0.4, 0.5) is 0 Å². The minimum absolute atomic E-state index is 0.529. The van der Waals surface area contributed by atoms with Crippen LogP contribution in [0.3, 0.4) is 0 Å². The van der Waals surface area contributed by atoms with Crippen molar-refractivity contribution >= 4 is 22.5 Å². The number of benzene rings is 1. The lowest BCUT2D eigenvalue weighted by molar-refractivity contribution is 0.194. The summed E-state index contributed by atoms with van der Waals surface area (Å²) in [5.41, 5.74) is 4.46. The lowest BCUT2D eigenvalue weighted by Crippen LogP contribution is -2.35. The van der Waals surface area contributed by atoms with E-state index in [0.717, 1.165) is 46.8 Å². The summed E-state index contributed by atoms with van der Waals surface area (Å²) in [4.78, 5) is 7.32. The molecule has 4 nitrogen and oxygen atoms in total. The number of piperidine rings is 1. The standard InChI is InChI=1S/C20H23ClN4/c1-14-16-7-3-4-8-17(16)23-18(20(14)21)13-25-11-5-6-15(12-25)19-9-10-22-24(19)2/h3-4,7-10,15H,5-6,11-13H2,1-2H3. The molecular formula is C20H23ClN4. The van der Waals surface area contributed by atoms with Gasteiger partial charge in [0.2, 0.25) is 0 Å². The predicted octanol–water partition coefficient (Wildman–Crippen LogP) is 4.31. The van der Waals surface area contributed by atoms with Gasteiger partial charge in [0.15, 0.2) is 0 Å². The molecule has 1 atom stereocenters. The zero-order valence-electron chi connectivity index (χ0n) is 14.7. The molecular weight excluding hydrogens is 332 g/mol. The number of para-hydroxylation sites is 1. The van der Waals surface area contributed by atoms with E-state index in [1.54, 1.807) is 0 Å². The first-order valence-electron chi connectivity index (χ1n) is 8.87. The van der Waals surface area contributed by atoms with Crippen molar-refractivity contribution in [2.75, 3.05) is 13.1 Å². The lowest BCUT2D eigenvalue weighted by atomic mass is 9.94. The van der Waals surface area contributed by atoms with Crippen LogP contribution in [-0.4, -0.2) is 32.8 Å². The lowest BCUT2D eigenvalue weighted by Gasteiger charge is -2.32. The number of aryl methyl sites for hydroxylation is 2. The van der Waals surface area contributed by atoms with E-state index in [1.807, 2.05) is 30.1 Å². The summed E-state index contributed by atoms with van der Waals surface area (Å²) in [6, 6.07) is 10.4. The van der Waals surface area contributed by atoms with E-state index in [0.29, 0.717) is 5.92 Å². The van der Waals surface area contributed by atoms with E-state index in [2.05, 4.69) is 35.1 Å². The minimum Gasteiger partial charge on any atom is -0.297 e. The number of halogens is 1. The fraction of sp³-hybridized carbons (Fsp3) is 0.400. The number of aromatic nitrogens is 3. The predicted molar refractivity (Wildman–Crippen MR) is 102 cm³/mol. The molecule has 5 heteroatoms. The summed E-state index contributed by atoms with van der Waals surface area (Å²) in [7, 11) is 2.03. The molecule has 0 aliphatic carbocycles. The normalized spacial score (nSPS) is 18.8. The van der Waals surface area contributed by atoms with Crippen LogP contribution in [0.5, 0.6) is 0 Å². The van der Waals surface area contributed by atoms with Crippen LogP contribution >= 0.6 is 11.6 Å². The maximum absolute atomic E-state index is 6.65. The summed E-state index contributed by atoms with van der Waals surface area (Å²) in [6.07, 6.45) is 4.30. The largest absolute Gasteiger partial charge is 0.297 e. The number of rotatable bonds is 3. The number of hydrogen-bond acceptors (Lipinski definition) is 3. The first kappa shape index (κ1) is 16.6.